The Labute approximate surface area is 118 Å². The van der Waals surface area contributed by atoms with Gasteiger partial charge < -0.3 is 11.1 Å². The molecule has 2 aromatic rings. The van der Waals surface area contributed by atoms with Gasteiger partial charge in [-0.25, -0.2) is 4.98 Å². The molecule has 0 amide bonds. The monoisotopic (exact) mass is 275 g/mol. The van der Waals surface area contributed by atoms with Crippen molar-refractivity contribution in [2.75, 3.05) is 12.3 Å². The van der Waals surface area contributed by atoms with Gasteiger partial charge in [0.1, 0.15) is 0 Å². The molecule has 1 aromatic carbocycles. The second-order valence-corrected chi connectivity index (χ2v) is 6.20. The van der Waals surface area contributed by atoms with Crippen molar-refractivity contribution in [2.24, 2.45) is 0 Å². The summed E-state index contributed by atoms with van der Waals surface area (Å²) in [5.74, 6) is 0.552. The van der Waals surface area contributed by atoms with E-state index < -0.39 is 0 Å². The fraction of sp³-hybridized carbons (Fsp3) is 0.400. The molecular formula is C15H21N3S. The highest BCUT2D eigenvalue weighted by Gasteiger charge is 2.05. The number of hydrogen-bond donors (Lipinski definition) is 2. The number of aromatic nitrogens is 1. The predicted molar refractivity (Wildman–Crippen MR) is 82.4 cm³/mol. The van der Waals surface area contributed by atoms with Crippen molar-refractivity contribution in [3.63, 3.8) is 0 Å². The molecule has 0 aliphatic heterocycles. The summed E-state index contributed by atoms with van der Waals surface area (Å²) < 4.78 is 0. The molecule has 0 fully saturated rings. The zero-order valence-corrected chi connectivity index (χ0v) is 12.3. The molecule has 102 valence electrons. The number of nitrogens with one attached hydrogen (secondary N) is 1. The predicted octanol–water partition coefficient (Wildman–Crippen LogP) is 3.32. The van der Waals surface area contributed by atoms with Crippen LogP contribution < -0.4 is 11.1 Å². The van der Waals surface area contributed by atoms with Gasteiger partial charge in [-0.15, -0.1) is 11.3 Å². The minimum absolute atomic E-state index is 0.552. The maximum atomic E-state index is 5.70. The van der Waals surface area contributed by atoms with Gasteiger partial charge in [0.15, 0.2) is 0 Å². The van der Waals surface area contributed by atoms with Crippen LogP contribution in [0.15, 0.2) is 30.5 Å². The molecule has 0 saturated carbocycles. The van der Waals surface area contributed by atoms with Crippen LogP contribution >= 0.6 is 11.3 Å². The lowest BCUT2D eigenvalue weighted by atomic mass is 9.98. The smallest absolute Gasteiger partial charge is 0.0897 e. The third-order valence-electron chi connectivity index (χ3n) is 3.23. The van der Waals surface area contributed by atoms with Crippen LogP contribution in [-0.2, 0) is 6.54 Å². The summed E-state index contributed by atoms with van der Waals surface area (Å²) in [6.07, 6.45) is 3.08. The number of rotatable bonds is 6. The first-order chi connectivity index (χ1) is 9.15. The molecule has 2 rings (SSSR count). The summed E-state index contributed by atoms with van der Waals surface area (Å²) in [6, 6.07) is 8.18. The quantitative estimate of drug-likeness (QED) is 0.628. The summed E-state index contributed by atoms with van der Waals surface area (Å²) >= 11 is 1.76. The van der Waals surface area contributed by atoms with Gasteiger partial charge in [0.25, 0.3) is 0 Å². The van der Waals surface area contributed by atoms with Crippen molar-refractivity contribution in [1.29, 1.82) is 0 Å². The van der Waals surface area contributed by atoms with Gasteiger partial charge in [-0.1, -0.05) is 19.1 Å². The van der Waals surface area contributed by atoms with Crippen molar-refractivity contribution in [3.05, 3.63) is 45.9 Å². The van der Waals surface area contributed by atoms with Crippen molar-refractivity contribution in [3.8, 4) is 0 Å². The van der Waals surface area contributed by atoms with Crippen LogP contribution in [0.2, 0.25) is 0 Å². The summed E-state index contributed by atoms with van der Waals surface area (Å²) in [7, 11) is 0. The van der Waals surface area contributed by atoms with E-state index in [4.69, 9.17) is 5.73 Å². The molecule has 4 heteroatoms. The van der Waals surface area contributed by atoms with Crippen molar-refractivity contribution in [2.45, 2.75) is 32.7 Å². The molecule has 3 N–H and O–H groups in total. The highest BCUT2D eigenvalue weighted by Crippen LogP contribution is 2.19. The fourth-order valence-electron chi connectivity index (χ4n) is 2.01. The lowest BCUT2D eigenvalue weighted by Crippen LogP contribution is -2.15. The van der Waals surface area contributed by atoms with Crippen LogP contribution in [0.5, 0.6) is 0 Å². The van der Waals surface area contributed by atoms with Crippen LogP contribution in [0.25, 0.3) is 0 Å². The van der Waals surface area contributed by atoms with Gasteiger partial charge in [-0.3, -0.25) is 0 Å². The first kappa shape index (κ1) is 14.0. The summed E-state index contributed by atoms with van der Waals surface area (Å²) in [6.45, 7) is 6.23. The molecule has 1 unspecified atom stereocenters. The molecular weight excluding hydrogens is 254 g/mol. The molecule has 0 aliphatic rings. The van der Waals surface area contributed by atoms with Crippen molar-refractivity contribution < 1.29 is 0 Å². The van der Waals surface area contributed by atoms with E-state index in [-0.39, 0.29) is 0 Å². The SMILES string of the molecule is Cc1ncc(CNCCC(C)c2ccc(N)cc2)s1. The van der Waals surface area contributed by atoms with E-state index in [1.807, 2.05) is 25.3 Å². The highest BCUT2D eigenvalue weighted by molar-refractivity contribution is 7.11. The Morgan fingerprint density at radius 1 is 1.32 bits per heavy atom. The average molecular weight is 275 g/mol. The standard InChI is InChI=1S/C15H21N3S/c1-11(13-3-5-14(16)6-4-13)7-8-17-9-15-10-18-12(2)19-15/h3-6,10-11,17H,7-9,16H2,1-2H3. The van der Waals surface area contributed by atoms with Gasteiger partial charge in [-0.2, -0.15) is 0 Å². The Morgan fingerprint density at radius 2 is 2.05 bits per heavy atom. The van der Waals surface area contributed by atoms with Crippen LogP contribution in [0.1, 0.15) is 34.7 Å². The summed E-state index contributed by atoms with van der Waals surface area (Å²) in [5.41, 5.74) is 7.88. The number of aryl methyl sites for hydroxylation is 1. The first-order valence-corrected chi connectivity index (χ1v) is 7.44. The molecule has 1 heterocycles. The second-order valence-electron chi connectivity index (χ2n) is 4.88. The zero-order valence-electron chi connectivity index (χ0n) is 11.5. The molecule has 3 nitrogen and oxygen atoms in total. The molecule has 1 aromatic heterocycles. The summed E-state index contributed by atoms with van der Waals surface area (Å²) in [5, 5.41) is 4.60. The van der Waals surface area contributed by atoms with Crippen LogP contribution in [-0.4, -0.2) is 11.5 Å². The third kappa shape index (κ3) is 4.33. The van der Waals surface area contributed by atoms with E-state index in [2.05, 4.69) is 29.4 Å². The Balaban J connectivity index is 1.72. The van der Waals surface area contributed by atoms with Crippen molar-refractivity contribution >= 4 is 17.0 Å². The minimum atomic E-state index is 0.552. The normalized spacial score (nSPS) is 12.5. The number of nitrogens with two attached hydrogens (primary N) is 1. The van der Waals surface area contributed by atoms with Gasteiger partial charge in [0, 0.05) is 23.3 Å². The van der Waals surface area contributed by atoms with E-state index in [1.165, 1.54) is 10.4 Å². The first-order valence-electron chi connectivity index (χ1n) is 6.62. The Morgan fingerprint density at radius 3 is 2.68 bits per heavy atom. The number of hydrogen-bond acceptors (Lipinski definition) is 4. The molecule has 0 spiro atoms. The number of anilines is 1. The van der Waals surface area contributed by atoms with E-state index in [9.17, 15) is 0 Å². The van der Waals surface area contributed by atoms with Gasteiger partial charge in [0.05, 0.1) is 5.01 Å². The van der Waals surface area contributed by atoms with E-state index >= 15 is 0 Å². The van der Waals surface area contributed by atoms with Gasteiger partial charge in [-0.05, 0) is 43.5 Å². The topological polar surface area (TPSA) is 50.9 Å². The maximum absolute atomic E-state index is 5.70. The molecule has 0 radical (unpaired) electrons. The van der Waals surface area contributed by atoms with Gasteiger partial charge in [0.2, 0.25) is 0 Å². The van der Waals surface area contributed by atoms with Crippen molar-refractivity contribution in [1.82, 2.24) is 10.3 Å². The number of nitrogen functional groups attached to an aromatic ring is 1. The van der Waals surface area contributed by atoms with Gasteiger partial charge >= 0.3 is 0 Å². The highest BCUT2D eigenvalue weighted by atomic mass is 32.1. The van der Waals surface area contributed by atoms with E-state index in [0.29, 0.717) is 5.92 Å². The largest absolute Gasteiger partial charge is 0.399 e. The number of nitrogens with zero attached hydrogens (tertiary/aromatic N) is 1. The van der Waals surface area contributed by atoms with E-state index in [1.54, 1.807) is 11.3 Å². The van der Waals surface area contributed by atoms with E-state index in [0.717, 1.165) is 30.2 Å². The maximum Gasteiger partial charge on any atom is 0.0897 e. The van der Waals surface area contributed by atoms with Crippen LogP contribution in [0, 0.1) is 6.92 Å². The number of benzene rings is 1. The third-order valence-corrected chi connectivity index (χ3v) is 4.14. The summed E-state index contributed by atoms with van der Waals surface area (Å²) in [4.78, 5) is 5.56. The minimum Gasteiger partial charge on any atom is -0.399 e. The van der Waals surface area contributed by atoms with Crippen LogP contribution in [0.4, 0.5) is 5.69 Å². The Bertz CT molecular complexity index is 504. The second kappa shape index (κ2) is 6.68. The number of thiazole rings is 1. The Kier molecular flexibility index (Phi) is 4.93. The lowest BCUT2D eigenvalue weighted by Gasteiger charge is -2.12. The molecule has 0 bridgehead atoms. The van der Waals surface area contributed by atoms with Crippen LogP contribution in [0.3, 0.4) is 0 Å². The lowest BCUT2D eigenvalue weighted by molar-refractivity contribution is 0.597. The Hall–Kier alpha value is -1.39. The molecule has 0 aliphatic carbocycles. The zero-order chi connectivity index (χ0) is 13.7. The molecule has 1 atom stereocenters. The molecule has 0 saturated heterocycles. The molecule has 19 heavy (non-hydrogen) atoms. The average Bonchev–Trinajstić information content (AvgIpc) is 2.81. The fourth-order valence-corrected chi connectivity index (χ4v) is 2.77.